The summed E-state index contributed by atoms with van der Waals surface area (Å²) in [5.41, 5.74) is 5.24. The first-order valence-electron chi connectivity index (χ1n) is 6.71. The highest BCUT2D eigenvalue weighted by Gasteiger charge is 2.34. The predicted molar refractivity (Wildman–Crippen MR) is 91.0 cm³/mol. The molecular weight excluding hydrogens is 417 g/mol. The number of nitrogens with one attached hydrogen (secondary N) is 1. The molecule has 0 saturated carbocycles. The molecule has 0 aliphatic rings. The van der Waals surface area contributed by atoms with E-state index in [0.29, 0.717) is 0 Å². The molecule has 6 N–H and O–H groups in total. The van der Waals surface area contributed by atoms with Crippen LogP contribution in [0.4, 0.5) is 0 Å². The van der Waals surface area contributed by atoms with Crippen molar-refractivity contribution in [3.05, 3.63) is 0 Å². The Kier molecular flexibility index (Phi) is 10.8. The van der Waals surface area contributed by atoms with Gasteiger partial charge in [0.1, 0.15) is 18.6 Å². The van der Waals surface area contributed by atoms with Gasteiger partial charge in [-0.25, -0.2) is 8.54 Å². The van der Waals surface area contributed by atoms with E-state index in [9.17, 15) is 23.7 Å². The molecule has 16 heteroatoms. The minimum atomic E-state index is -4.87. The van der Waals surface area contributed by atoms with Crippen molar-refractivity contribution in [2.24, 2.45) is 5.73 Å². The predicted octanol–water partition coefficient (Wildman–Crippen LogP) is -1.60. The van der Waals surface area contributed by atoms with E-state index in [1.54, 1.807) is 0 Å². The van der Waals surface area contributed by atoms with E-state index in [-0.39, 0.29) is 23.7 Å². The lowest BCUT2D eigenvalue weighted by Gasteiger charge is -2.25. The Morgan fingerprint density at radius 1 is 1.27 bits per heavy atom. The highest BCUT2D eigenvalue weighted by molar-refractivity contribution is 7.80. The fourth-order valence-electron chi connectivity index (χ4n) is 1.45. The van der Waals surface area contributed by atoms with Crippen molar-refractivity contribution in [3.8, 4) is 0 Å². The van der Waals surface area contributed by atoms with Crippen LogP contribution in [0.1, 0.15) is 12.8 Å². The van der Waals surface area contributed by atoms with E-state index >= 15 is 0 Å². The fraction of sp³-hybridized carbons (Fsp3) is 0.600. The Morgan fingerprint density at radius 3 is 2.27 bits per heavy atom. The summed E-state index contributed by atoms with van der Waals surface area (Å²) in [6.45, 7) is -1.15. The van der Waals surface area contributed by atoms with Gasteiger partial charge in [0.15, 0.2) is 0 Å². The number of carboxylic acids is 2. The zero-order valence-corrected chi connectivity index (χ0v) is 15.7. The maximum atomic E-state index is 12.2. The monoisotopic (exact) mass is 435 g/mol. The Bertz CT molecular complexity index is 591. The van der Waals surface area contributed by atoms with Gasteiger partial charge in [-0.2, -0.15) is 22.3 Å². The maximum absolute atomic E-state index is 12.2. The zero-order chi connectivity index (χ0) is 20.5. The van der Waals surface area contributed by atoms with Crippen LogP contribution in [0.25, 0.3) is 0 Å². The molecule has 13 nitrogen and oxygen atoms in total. The molecule has 0 aromatic heterocycles. The SMILES string of the molecule is NC(CCC(=O)NC(CS)C(=O)N(CC(=O)O)OP(=O)(O)OS)C(=O)O. The van der Waals surface area contributed by atoms with Gasteiger partial charge in [0.25, 0.3) is 5.91 Å². The normalized spacial score (nSPS) is 15.4. The van der Waals surface area contributed by atoms with Crippen molar-refractivity contribution in [1.82, 2.24) is 10.4 Å². The number of rotatable bonds is 12. The molecule has 3 unspecified atom stereocenters. The minimum Gasteiger partial charge on any atom is -0.480 e. The van der Waals surface area contributed by atoms with E-state index in [1.807, 2.05) is 0 Å². The smallest absolute Gasteiger partial charge is 0.480 e. The zero-order valence-electron chi connectivity index (χ0n) is 13.0. The molecule has 0 aliphatic carbocycles. The van der Waals surface area contributed by atoms with Crippen LogP contribution in [0.5, 0.6) is 0 Å². The molecule has 3 atom stereocenters. The van der Waals surface area contributed by atoms with Gasteiger partial charge >= 0.3 is 19.8 Å². The second-order valence-electron chi connectivity index (χ2n) is 4.69. The highest BCUT2D eigenvalue weighted by atomic mass is 32.1. The summed E-state index contributed by atoms with van der Waals surface area (Å²) in [4.78, 5) is 54.5. The molecule has 0 spiro atoms. The average Bonchev–Trinajstić information content (AvgIpc) is 2.55. The molecule has 0 aromatic rings. The Labute approximate surface area is 158 Å². The summed E-state index contributed by atoms with van der Waals surface area (Å²) in [7, 11) is -4.87. The van der Waals surface area contributed by atoms with Gasteiger partial charge in [0.2, 0.25) is 5.91 Å². The standard InChI is InChI=1S/C10H18N3O10PS2/c11-5(10(18)19)1-2-7(14)12-6(4-25)9(17)13(3-8(15)16)22-24(20,21)23-26/h5-6,25-26H,1-4,11H2,(H,12,14)(H,15,16)(H,18,19)(H,20,21). The average molecular weight is 435 g/mol. The number of phosphoric acid groups is 1. The maximum Gasteiger partial charge on any atom is 0.504 e. The van der Waals surface area contributed by atoms with Crippen molar-refractivity contribution in [1.29, 1.82) is 0 Å². The number of aliphatic carboxylic acids is 2. The van der Waals surface area contributed by atoms with E-state index < -0.39 is 50.2 Å². The van der Waals surface area contributed by atoms with Crippen LogP contribution >= 0.6 is 33.4 Å². The van der Waals surface area contributed by atoms with Crippen molar-refractivity contribution in [3.63, 3.8) is 0 Å². The molecule has 0 saturated heterocycles. The largest absolute Gasteiger partial charge is 0.504 e. The number of carboxylic acid groups (broad SMARTS) is 2. The van der Waals surface area contributed by atoms with Crippen LogP contribution in [0.15, 0.2) is 0 Å². The quantitative estimate of drug-likeness (QED) is 0.0804. The molecule has 0 aliphatic heterocycles. The topological polar surface area (TPSA) is 206 Å². The number of hydroxylamine groups is 2. The molecule has 0 bridgehead atoms. The number of hydrogen-bond acceptors (Lipinski definition) is 10. The van der Waals surface area contributed by atoms with E-state index in [4.69, 9.17) is 20.8 Å². The first-order chi connectivity index (χ1) is 11.9. The van der Waals surface area contributed by atoms with E-state index in [1.165, 1.54) is 0 Å². The highest BCUT2D eigenvalue weighted by Crippen LogP contribution is 2.45. The first-order valence-corrected chi connectivity index (χ1v) is 9.20. The number of hydrogen-bond donors (Lipinski definition) is 7. The number of nitrogens with two attached hydrogens (primary N) is 1. The summed E-state index contributed by atoms with van der Waals surface area (Å²) in [5, 5.41) is 19.5. The molecule has 0 radical (unpaired) electrons. The Balaban J connectivity index is 5.02. The third-order valence-electron chi connectivity index (χ3n) is 2.65. The summed E-state index contributed by atoms with van der Waals surface area (Å²) in [6.07, 6.45) is -0.563. The summed E-state index contributed by atoms with van der Waals surface area (Å²) in [6, 6.07) is -2.73. The number of nitrogens with zero attached hydrogens (tertiary/aromatic N) is 1. The molecule has 2 amide bonds. The summed E-state index contributed by atoms with van der Waals surface area (Å²) in [5.74, 6) is -5.22. The van der Waals surface area contributed by atoms with E-state index in [0.717, 1.165) is 0 Å². The molecule has 0 fully saturated rings. The van der Waals surface area contributed by atoms with Gasteiger partial charge in [0, 0.05) is 12.2 Å². The lowest BCUT2D eigenvalue weighted by molar-refractivity contribution is -0.171. The van der Waals surface area contributed by atoms with Gasteiger partial charge in [-0.1, -0.05) is 0 Å². The number of carbonyl (C=O) groups excluding carboxylic acids is 2. The van der Waals surface area contributed by atoms with Crippen LogP contribution in [0.2, 0.25) is 0 Å². The second-order valence-corrected chi connectivity index (χ2v) is 6.81. The lowest BCUT2D eigenvalue weighted by Crippen LogP contribution is -2.50. The van der Waals surface area contributed by atoms with E-state index in [2.05, 4.69) is 39.4 Å². The third-order valence-corrected chi connectivity index (χ3v) is 4.24. The van der Waals surface area contributed by atoms with Crippen LogP contribution in [-0.4, -0.2) is 68.3 Å². The Hall–Kier alpha value is -1.35. The number of amides is 2. The number of thiol groups is 2. The van der Waals surface area contributed by atoms with Crippen molar-refractivity contribution >= 4 is 57.1 Å². The van der Waals surface area contributed by atoms with Crippen molar-refractivity contribution in [2.75, 3.05) is 12.3 Å². The van der Waals surface area contributed by atoms with Crippen LogP contribution in [-0.2, 0) is 32.3 Å². The van der Waals surface area contributed by atoms with Crippen LogP contribution in [0.3, 0.4) is 0 Å². The van der Waals surface area contributed by atoms with Crippen LogP contribution in [0, 0.1) is 0 Å². The molecule has 26 heavy (non-hydrogen) atoms. The van der Waals surface area contributed by atoms with Crippen molar-refractivity contribution in [2.45, 2.75) is 24.9 Å². The summed E-state index contributed by atoms with van der Waals surface area (Å²) >= 11 is 6.89. The molecule has 0 rings (SSSR count). The number of carbonyl (C=O) groups is 4. The molecule has 150 valence electrons. The Morgan fingerprint density at radius 2 is 1.85 bits per heavy atom. The van der Waals surface area contributed by atoms with Gasteiger partial charge in [-0.3, -0.25) is 19.2 Å². The van der Waals surface area contributed by atoms with Crippen molar-refractivity contribution < 1.29 is 47.4 Å². The lowest BCUT2D eigenvalue weighted by atomic mass is 10.1. The third kappa shape index (κ3) is 9.38. The summed E-state index contributed by atoms with van der Waals surface area (Å²) < 4.78 is 19.4. The molecule has 0 heterocycles. The molecular formula is C10H18N3O10PS2. The van der Waals surface area contributed by atoms with Gasteiger partial charge < -0.3 is 26.2 Å². The minimum absolute atomic E-state index is 0.00346. The first kappa shape index (κ1) is 24.7. The van der Waals surface area contributed by atoms with Gasteiger partial charge in [-0.05, 0) is 19.3 Å². The molecule has 0 aromatic carbocycles. The van der Waals surface area contributed by atoms with Gasteiger partial charge in [0.05, 0.1) is 0 Å². The fourth-order valence-corrected chi connectivity index (χ4v) is 2.20. The van der Waals surface area contributed by atoms with Crippen LogP contribution < -0.4 is 11.1 Å². The second kappa shape index (κ2) is 11.4. The van der Waals surface area contributed by atoms with Gasteiger partial charge in [-0.15, -0.1) is 0 Å².